The highest BCUT2D eigenvalue weighted by Crippen LogP contribution is 2.34. The number of hydrogen-bond donors (Lipinski definition) is 0. The molecule has 0 radical (unpaired) electrons. The highest BCUT2D eigenvalue weighted by atomic mass is 35.5. The van der Waals surface area contributed by atoms with Gasteiger partial charge in [-0.15, -0.1) is 11.6 Å². The lowest BCUT2D eigenvalue weighted by Crippen LogP contribution is -2.29. The van der Waals surface area contributed by atoms with Crippen LogP contribution in [0.2, 0.25) is 0 Å². The van der Waals surface area contributed by atoms with Crippen molar-refractivity contribution in [3.63, 3.8) is 0 Å². The summed E-state index contributed by atoms with van der Waals surface area (Å²) in [4.78, 5) is 2.44. The zero-order chi connectivity index (χ0) is 13.3. The second-order valence-electron chi connectivity index (χ2n) is 5.49. The van der Waals surface area contributed by atoms with E-state index in [0.29, 0.717) is 10.6 Å². The molecule has 0 bridgehead atoms. The van der Waals surface area contributed by atoms with Crippen molar-refractivity contribution in [2.24, 2.45) is 7.05 Å². The smallest absolute Gasteiger partial charge is 0.131 e. The lowest BCUT2D eigenvalue weighted by Gasteiger charge is -2.25. The van der Waals surface area contributed by atoms with Crippen LogP contribution in [0.15, 0.2) is 0 Å². The van der Waals surface area contributed by atoms with E-state index in [-0.39, 0.29) is 0 Å². The van der Waals surface area contributed by atoms with Crippen LogP contribution in [-0.2, 0) is 12.9 Å². The Morgan fingerprint density at radius 1 is 1.39 bits per heavy atom. The van der Waals surface area contributed by atoms with Gasteiger partial charge in [-0.25, -0.2) is 0 Å². The van der Waals surface area contributed by atoms with Crippen LogP contribution < -0.4 is 4.90 Å². The summed E-state index contributed by atoms with van der Waals surface area (Å²) in [6, 6.07) is 0. The Balaban J connectivity index is 2.26. The standard InChI is InChI=1S/C13H22ClN3S/c1-10-11(9-14)12(16(4)15-10)17-6-5-13(2,3)18-8-7-17/h5-9H2,1-4H3. The number of anilines is 1. The Kier molecular flexibility index (Phi) is 4.17. The fraction of sp³-hybridized carbons (Fsp3) is 0.769. The Labute approximate surface area is 119 Å². The van der Waals surface area contributed by atoms with E-state index in [9.17, 15) is 0 Å². The van der Waals surface area contributed by atoms with Crippen molar-refractivity contribution in [2.45, 2.75) is 37.8 Å². The summed E-state index contributed by atoms with van der Waals surface area (Å²) in [5.41, 5.74) is 2.24. The molecule has 1 aromatic heterocycles. The van der Waals surface area contributed by atoms with Gasteiger partial charge in [-0.1, -0.05) is 13.8 Å². The third-order valence-corrected chi connectivity index (χ3v) is 5.22. The van der Waals surface area contributed by atoms with Gasteiger partial charge >= 0.3 is 0 Å². The van der Waals surface area contributed by atoms with Gasteiger partial charge in [-0.2, -0.15) is 16.9 Å². The second-order valence-corrected chi connectivity index (χ2v) is 7.56. The second kappa shape index (κ2) is 5.33. The minimum atomic E-state index is 0.378. The first kappa shape index (κ1) is 14.1. The van der Waals surface area contributed by atoms with Crippen molar-refractivity contribution in [1.29, 1.82) is 0 Å². The van der Waals surface area contributed by atoms with E-state index in [2.05, 4.69) is 35.6 Å². The van der Waals surface area contributed by atoms with Gasteiger partial charge in [-0.05, 0) is 13.3 Å². The van der Waals surface area contributed by atoms with Crippen LogP contribution in [0, 0.1) is 6.92 Å². The first-order valence-electron chi connectivity index (χ1n) is 6.42. The van der Waals surface area contributed by atoms with Gasteiger partial charge in [-0.3, -0.25) is 4.68 Å². The van der Waals surface area contributed by atoms with Crippen molar-refractivity contribution in [2.75, 3.05) is 23.7 Å². The third-order valence-electron chi connectivity index (χ3n) is 3.58. The summed E-state index contributed by atoms with van der Waals surface area (Å²) < 4.78 is 2.36. The maximum atomic E-state index is 6.08. The molecular weight excluding hydrogens is 266 g/mol. The number of thioether (sulfide) groups is 1. The number of aryl methyl sites for hydroxylation is 2. The maximum absolute atomic E-state index is 6.08. The number of nitrogens with zero attached hydrogens (tertiary/aromatic N) is 3. The molecule has 18 heavy (non-hydrogen) atoms. The van der Waals surface area contributed by atoms with Crippen LogP contribution in [-0.4, -0.2) is 33.4 Å². The zero-order valence-electron chi connectivity index (χ0n) is 11.7. The van der Waals surface area contributed by atoms with Crippen LogP contribution in [0.4, 0.5) is 5.82 Å². The largest absolute Gasteiger partial charge is 0.356 e. The van der Waals surface area contributed by atoms with Gasteiger partial charge < -0.3 is 4.90 Å². The lowest BCUT2D eigenvalue weighted by atomic mass is 10.1. The Morgan fingerprint density at radius 3 is 2.78 bits per heavy atom. The lowest BCUT2D eigenvalue weighted by molar-refractivity contribution is 0.622. The van der Waals surface area contributed by atoms with E-state index in [4.69, 9.17) is 11.6 Å². The minimum Gasteiger partial charge on any atom is -0.356 e. The number of rotatable bonds is 2. The molecule has 0 N–H and O–H groups in total. The fourth-order valence-electron chi connectivity index (χ4n) is 2.47. The molecule has 0 atom stereocenters. The zero-order valence-corrected chi connectivity index (χ0v) is 13.2. The molecule has 1 aliphatic heterocycles. The molecule has 0 aromatic carbocycles. The molecule has 5 heteroatoms. The van der Waals surface area contributed by atoms with Gasteiger partial charge in [0.1, 0.15) is 5.82 Å². The predicted octanol–water partition coefficient (Wildman–Crippen LogP) is 3.19. The predicted molar refractivity (Wildman–Crippen MR) is 80.9 cm³/mol. The van der Waals surface area contributed by atoms with E-state index in [1.807, 2.05) is 18.7 Å². The van der Waals surface area contributed by atoms with Crippen molar-refractivity contribution >= 4 is 29.2 Å². The quantitative estimate of drug-likeness (QED) is 0.780. The molecular formula is C13H22ClN3S. The number of halogens is 1. The first-order chi connectivity index (χ1) is 8.44. The molecule has 0 amide bonds. The van der Waals surface area contributed by atoms with Gasteiger partial charge in [0.15, 0.2) is 0 Å². The maximum Gasteiger partial charge on any atom is 0.131 e. The van der Waals surface area contributed by atoms with Gasteiger partial charge in [0, 0.05) is 36.2 Å². The van der Waals surface area contributed by atoms with Crippen LogP contribution in [0.1, 0.15) is 31.5 Å². The molecule has 2 rings (SSSR count). The minimum absolute atomic E-state index is 0.378. The summed E-state index contributed by atoms with van der Waals surface area (Å²) in [5, 5.41) is 4.51. The fourth-order valence-corrected chi connectivity index (χ4v) is 3.89. The highest BCUT2D eigenvalue weighted by molar-refractivity contribution is 8.00. The highest BCUT2D eigenvalue weighted by Gasteiger charge is 2.26. The third kappa shape index (κ3) is 2.80. The molecule has 0 unspecified atom stereocenters. The number of alkyl halides is 1. The molecule has 1 aromatic rings. The molecule has 1 aliphatic rings. The normalized spacial score (nSPS) is 19.9. The van der Waals surface area contributed by atoms with Gasteiger partial charge in [0.05, 0.1) is 11.6 Å². The average molecular weight is 288 g/mol. The van der Waals surface area contributed by atoms with Gasteiger partial charge in [0.2, 0.25) is 0 Å². The SMILES string of the molecule is Cc1nn(C)c(N2CCSC(C)(C)CC2)c1CCl. The average Bonchev–Trinajstić information content (AvgIpc) is 2.45. The summed E-state index contributed by atoms with van der Waals surface area (Å²) >= 11 is 8.14. The van der Waals surface area contributed by atoms with Crippen LogP contribution in [0.25, 0.3) is 0 Å². The molecule has 3 nitrogen and oxygen atoms in total. The van der Waals surface area contributed by atoms with Crippen molar-refractivity contribution in [1.82, 2.24) is 9.78 Å². The van der Waals surface area contributed by atoms with Crippen molar-refractivity contribution in [3.05, 3.63) is 11.3 Å². The molecule has 102 valence electrons. The Bertz CT molecular complexity index is 428. The monoisotopic (exact) mass is 287 g/mol. The van der Waals surface area contributed by atoms with E-state index >= 15 is 0 Å². The first-order valence-corrected chi connectivity index (χ1v) is 7.94. The van der Waals surface area contributed by atoms with Crippen molar-refractivity contribution in [3.8, 4) is 0 Å². The number of aromatic nitrogens is 2. The topological polar surface area (TPSA) is 21.1 Å². The van der Waals surface area contributed by atoms with E-state index in [1.165, 1.54) is 23.6 Å². The Morgan fingerprint density at radius 2 is 2.11 bits per heavy atom. The van der Waals surface area contributed by atoms with E-state index < -0.39 is 0 Å². The summed E-state index contributed by atoms with van der Waals surface area (Å²) in [6.45, 7) is 8.87. The van der Waals surface area contributed by atoms with Crippen LogP contribution in [0.5, 0.6) is 0 Å². The molecule has 1 saturated heterocycles. The molecule has 1 fully saturated rings. The summed E-state index contributed by atoms with van der Waals surface area (Å²) in [5.74, 6) is 2.92. The summed E-state index contributed by atoms with van der Waals surface area (Å²) in [6.07, 6.45) is 1.20. The van der Waals surface area contributed by atoms with Crippen LogP contribution in [0.3, 0.4) is 0 Å². The number of hydrogen-bond acceptors (Lipinski definition) is 3. The van der Waals surface area contributed by atoms with Crippen molar-refractivity contribution < 1.29 is 0 Å². The van der Waals surface area contributed by atoms with E-state index in [0.717, 1.165) is 18.8 Å². The van der Waals surface area contributed by atoms with E-state index in [1.54, 1.807) is 0 Å². The molecule has 2 heterocycles. The van der Waals surface area contributed by atoms with Gasteiger partial charge in [0.25, 0.3) is 0 Å². The molecule has 0 aliphatic carbocycles. The molecule has 0 spiro atoms. The molecule has 0 saturated carbocycles. The Hall–Kier alpha value is -0.350. The van der Waals surface area contributed by atoms with Crippen LogP contribution >= 0.6 is 23.4 Å². The summed E-state index contributed by atoms with van der Waals surface area (Å²) in [7, 11) is 2.02.